The van der Waals surface area contributed by atoms with Crippen molar-refractivity contribution in [3.8, 4) is 5.75 Å². The number of carbonyl (C=O) groups excluding carboxylic acids is 1. The van der Waals surface area contributed by atoms with Gasteiger partial charge in [-0.25, -0.2) is 0 Å². The summed E-state index contributed by atoms with van der Waals surface area (Å²) in [6.07, 6.45) is 3.36. The molecule has 0 saturated heterocycles. The molecule has 0 radical (unpaired) electrons. The molecule has 0 bridgehead atoms. The van der Waals surface area contributed by atoms with Crippen LogP contribution in [0.25, 0.3) is 16.5 Å². The molecule has 3 rings (SSSR count). The number of ether oxygens (including phenoxy) is 1. The summed E-state index contributed by atoms with van der Waals surface area (Å²) in [4.78, 5) is 12.6. The van der Waals surface area contributed by atoms with E-state index >= 15 is 0 Å². The van der Waals surface area contributed by atoms with E-state index in [1.54, 1.807) is 12.3 Å². The van der Waals surface area contributed by atoms with Crippen LogP contribution in [-0.4, -0.2) is 12.5 Å². The summed E-state index contributed by atoms with van der Waals surface area (Å²) >= 11 is 3.47. The monoisotopic (exact) mass is 441 g/mol. The predicted molar refractivity (Wildman–Crippen MR) is 118 cm³/mol. The highest BCUT2D eigenvalue weighted by atomic mass is 79.9. The molecule has 0 aliphatic rings. The van der Waals surface area contributed by atoms with E-state index in [1.807, 2.05) is 58.9 Å². The van der Waals surface area contributed by atoms with Gasteiger partial charge in [-0.05, 0) is 75.6 Å². The van der Waals surface area contributed by atoms with Crippen LogP contribution in [0.1, 0.15) is 36.1 Å². The Hall–Kier alpha value is -2.53. The maximum atomic E-state index is 12.6. The molecule has 1 heterocycles. The Labute approximate surface area is 173 Å². The van der Waals surface area contributed by atoms with Gasteiger partial charge in [0, 0.05) is 32.7 Å². The van der Waals surface area contributed by atoms with Gasteiger partial charge in [-0.3, -0.25) is 4.79 Å². The first kappa shape index (κ1) is 20.2. The SMILES string of the molecule is CCOc1c(/C(C)=C/C(=O)Nc2ccc(Br)c(C)c2)cc2c(C)coc2c1C. The summed E-state index contributed by atoms with van der Waals surface area (Å²) in [6.45, 7) is 10.4. The topological polar surface area (TPSA) is 51.5 Å². The van der Waals surface area contributed by atoms with E-state index in [0.29, 0.717) is 6.61 Å². The number of hydrogen-bond acceptors (Lipinski definition) is 3. The van der Waals surface area contributed by atoms with Crippen molar-refractivity contribution in [2.24, 2.45) is 0 Å². The first-order chi connectivity index (χ1) is 13.3. The number of carbonyl (C=O) groups is 1. The van der Waals surface area contributed by atoms with Crippen molar-refractivity contribution in [1.29, 1.82) is 0 Å². The minimum atomic E-state index is -0.177. The zero-order valence-electron chi connectivity index (χ0n) is 16.8. The van der Waals surface area contributed by atoms with Gasteiger partial charge in [0.15, 0.2) is 0 Å². The standard InChI is InChI=1S/C23H24BrNO3/c1-6-27-22-16(5)23-19(15(4)12-28-23)11-18(22)13(2)10-21(26)25-17-7-8-20(24)14(3)9-17/h7-12H,6H2,1-5H3,(H,25,26)/b13-10+. The summed E-state index contributed by atoms with van der Waals surface area (Å²) in [5.74, 6) is 0.578. The maximum Gasteiger partial charge on any atom is 0.248 e. The summed E-state index contributed by atoms with van der Waals surface area (Å²) in [5.41, 5.74) is 6.39. The molecule has 0 aliphatic heterocycles. The minimum Gasteiger partial charge on any atom is -0.493 e. The van der Waals surface area contributed by atoms with Crippen LogP contribution >= 0.6 is 15.9 Å². The van der Waals surface area contributed by atoms with Gasteiger partial charge in [0.25, 0.3) is 0 Å². The van der Waals surface area contributed by atoms with Crippen molar-refractivity contribution >= 4 is 44.1 Å². The number of nitrogens with one attached hydrogen (secondary N) is 1. The van der Waals surface area contributed by atoms with Gasteiger partial charge in [0.05, 0.1) is 12.9 Å². The number of anilines is 1. The van der Waals surface area contributed by atoms with Crippen LogP contribution in [-0.2, 0) is 4.79 Å². The molecule has 0 spiro atoms. The second kappa shape index (κ2) is 8.23. The van der Waals surface area contributed by atoms with E-state index in [4.69, 9.17) is 9.15 Å². The number of benzene rings is 2. The first-order valence-electron chi connectivity index (χ1n) is 9.21. The van der Waals surface area contributed by atoms with E-state index in [1.165, 1.54) is 0 Å². The third-order valence-corrected chi connectivity index (χ3v) is 5.61. The Morgan fingerprint density at radius 1 is 1.21 bits per heavy atom. The van der Waals surface area contributed by atoms with E-state index in [-0.39, 0.29) is 5.91 Å². The Morgan fingerprint density at radius 3 is 2.64 bits per heavy atom. The highest BCUT2D eigenvalue weighted by Gasteiger charge is 2.17. The summed E-state index contributed by atoms with van der Waals surface area (Å²) in [7, 11) is 0. The van der Waals surface area contributed by atoms with E-state index < -0.39 is 0 Å². The Kier molecular flexibility index (Phi) is 5.94. The lowest BCUT2D eigenvalue weighted by Crippen LogP contribution is -2.09. The number of halogens is 1. The van der Waals surface area contributed by atoms with E-state index in [0.717, 1.165) is 54.7 Å². The molecule has 0 atom stereocenters. The molecule has 1 N–H and O–H groups in total. The van der Waals surface area contributed by atoms with Crippen LogP contribution in [0, 0.1) is 20.8 Å². The second-order valence-corrected chi connectivity index (χ2v) is 7.74. The third-order valence-electron chi connectivity index (χ3n) is 4.72. The highest BCUT2D eigenvalue weighted by molar-refractivity contribution is 9.10. The van der Waals surface area contributed by atoms with Gasteiger partial charge in [-0.15, -0.1) is 0 Å². The fourth-order valence-electron chi connectivity index (χ4n) is 3.24. The molecule has 3 aromatic rings. The molecule has 1 amide bonds. The lowest BCUT2D eigenvalue weighted by molar-refractivity contribution is -0.111. The van der Waals surface area contributed by atoms with Crippen LogP contribution in [0.3, 0.4) is 0 Å². The smallest absolute Gasteiger partial charge is 0.248 e. The van der Waals surface area contributed by atoms with Gasteiger partial charge in [0.2, 0.25) is 5.91 Å². The van der Waals surface area contributed by atoms with Gasteiger partial charge < -0.3 is 14.5 Å². The van der Waals surface area contributed by atoms with Crippen LogP contribution in [0.4, 0.5) is 5.69 Å². The number of fused-ring (bicyclic) bond motifs is 1. The van der Waals surface area contributed by atoms with Crippen LogP contribution in [0.15, 0.2) is 45.5 Å². The fraction of sp³-hybridized carbons (Fsp3) is 0.261. The number of hydrogen-bond donors (Lipinski definition) is 1. The maximum absolute atomic E-state index is 12.6. The van der Waals surface area contributed by atoms with E-state index in [2.05, 4.69) is 21.2 Å². The van der Waals surface area contributed by atoms with Gasteiger partial charge >= 0.3 is 0 Å². The number of aryl methyl sites for hydroxylation is 3. The number of furan rings is 1. The van der Waals surface area contributed by atoms with Crippen LogP contribution in [0.2, 0.25) is 0 Å². The molecule has 0 saturated carbocycles. The zero-order chi connectivity index (χ0) is 20.4. The normalized spacial score (nSPS) is 11.7. The Bertz CT molecular complexity index is 1080. The van der Waals surface area contributed by atoms with Crippen molar-refractivity contribution in [2.75, 3.05) is 11.9 Å². The average Bonchev–Trinajstić information content (AvgIpc) is 3.01. The van der Waals surface area contributed by atoms with Gasteiger partial charge in [0.1, 0.15) is 11.3 Å². The van der Waals surface area contributed by atoms with Gasteiger partial charge in [-0.1, -0.05) is 15.9 Å². The van der Waals surface area contributed by atoms with Crippen LogP contribution < -0.4 is 10.1 Å². The molecule has 4 nitrogen and oxygen atoms in total. The summed E-state index contributed by atoms with van der Waals surface area (Å²) < 4.78 is 12.6. The summed E-state index contributed by atoms with van der Waals surface area (Å²) in [6, 6.07) is 7.76. The quantitative estimate of drug-likeness (QED) is 0.455. The van der Waals surface area contributed by atoms with Crippen LogP contribution in [0.5, 0.6) is 5.75 Å². The fourth-order valence-corrected chi connectivity index (χ4v) is 3.48. The van der Waals surface area contributed by atoms with Crippen molar-refractivity contribution in [2.45, 2.75) is 34.6 Å². The average molecular weight is 442 g/mol. The predicted octanol–water partition coefficient (Wildman–Crippen LogP) is 6.56. The van der Waals surface area contributed by atoms with Crippen molar-refractivity contribution in [3.05, 3.63) is 63.3 Å². The molecule has 28 heavy (non-hydrogen) atoms. The lowest BCUT2D eigenvalue weighted by atomic mass is 9.98. The first-order valence-corrected chi connectivity index (χ1v) is 10.0. The molecule has 0 unspecified atom stereocenters. The molecule has 2 aromatic carbocycles. The Morgan fingerprint density at radius 2 is 1.96 bits per heavy atom. The lowest BCUT2D eigenvalue weighted by Gasteiger charge is -2.14. The molecule has 1 aromatic heterocycles. The molecule has 5 heteroatoms. The van der Waals surface area contributed by atoms with Crippen molar-refractivity contribution < 1.29 is 13.9 Å². The number of allylic oxidation sites excluding steroid dienone is 1. The minimum absolute atomic E-state index is 0.177. The second-order valence-electron chi connectivity index (χ2n) is 6.89. The van der Waals surface area contributed by atoms with Crippen molar-refractivity contribution in [3.63, 3.8) is 0 Å². The largest absolute Gasteiger partial charge is 0.493 e. The zero-order valence-corrected chi connectivity index (χ0v) is 18.4. The molecular weight excluding hydrogens is 418 g/mol. The van der Waals surface area contributed by atoms with Crippen molar-refractivity contribution in [1.82, 2.24) is 0 Å². The highest BCUT2D eigenvalue weighted by Crippen LogP contribution is 2.37. The third kappa shape index (κ3) is 3.99. The molecule has 0 fully saturated rings. The Balaban J connectivity index is 1.97. The van der Waals surface area contributed by atoms with E-state index in [9.17, 15) is 4.79 Å². The molecule has 146 valence electrons. The molecule has 0 aliphatic carbocycles. The summed E-state index contributed by atoms with van der Waals surface area (Å²) in [5, 5.41) is 3.96. The number of rotatable bonds is 5. The van der Waals surface area contributed by atoms with Gasteiger partial charge in [-0.2, -0.15) is 0 Å². The number of amides is 1. The molecular formula is C23H24BrNO3.